The number of nitriles is 1. The summed E-state index contributed by atoms with van der Waals surface area (Å²) in [6.07, 6.45) is 8.71. The van der Waals surface area contributed by atoms with Crippen molar-refractivity contribution < 1.29 is 26.8 Å². The fraction of sp³-hybridized carbons (Fsp3) is 0.312. The number of rotatable bonds is 8. The first-order valence-electron chi connectivity index (χ1n) is 12.4. The third-order valence-corrected chi connectivity index (χ3v) is 5.09. The van der Waals surface area contributed by atoms with Crippen molar-refractivity contribution in [3.05, 3.63) is 107 Å². The molecule has 0 unspecified atom stereocenters. The Labute approximate surface area is 229 Å². The van der Waals surface area contributed by atoms with Crippen molar-refractivity contribution >= 4 is 17.4 Å². The van der Waals surface area contributed by atoms with E-state index in [4.69, 9.17) is 14.5 Å². The predicted octanol–water partition coefficient (Wildman–Crippen LogP) is 10.2. The molecular weight excluding hydrogens is 506 g/mol. The Bertz CT molecular complexity index is 1220. The summed E-state index contributed by atoms with van der Waals surface area (Å²) >= 11 is 0. The number of benzene rings is 1. The van der Waals surface area contributed by atoms with E-state index in [0.717, 1.165) is 42.8 Å². The Morgan fingerprint density at radius 1 is 1.13 bits per heavy atom. The quantitative estimate of drug-likeness (QED) is 0.144. The average Bonchev–Trinajstić information content (AvgIpc) is 3.38. The summed E-state index contributed by atoms with van der Waals surface area (Å²) in [7, 11) is 0. The van der Waals surface area contributed by atoms with Crippen LogP contribution < -0.4 is 0 Å². The van der Waals surface area contributed by atoms with Crippen LogP contribution in [0, 0.1) is 17.1 Å². The summed E-state index contributed by atoms with van der Waals surface area (Å²) in [4.78, 5) is 8.81. The fourth-order valence-electron chi connectivity index (χ4n) is 3.30. The molecule has 0 aliphatic carbocycles. The molecule has 2 rings (SSSR count). The van der Waals surface area contributed by atoms with Gasteiger partial charge in [0.15, 0.2) is 0 Å². The lowest BCUT2D eigenvalue weighted by atomic mass is 9.95. The molecule has 1 aromatic heterocycles. The maximum atomic E-state index is 13.4. The van der Waals surface area contributed by atoms with Gasteiger partial charge in [-0.3, -0.25) is 0 Å². The van der Waals surface area contributed by atoms with Gasteiger partial charge in [0.2, 0.25) is 0 Å². The molecule has 0 bridgehead atoms. The van der Waals surface area contributed by atoms with E-state index in [-0.39, 0.29) is 11.4 Å². The number of carbonyl (C=O) groups is 1. The summed E-state index contributed by atoms with van der Waals surface area (Å²) in [5, 5.41) is 9.13. The van der Waals surface area contributed by atoms with Gasteiger partial charge in [-0.25, -0.2) is 4.39 Å². The Morgan fingerprint density at radius 2 is 1.77 bits per heavy atom. The third kappa shape index (κ3) is 13.4. The van der Waals surface area contributed by atoms with Gasteiger partial charge in [-0.15, -0.1) is 0 Å². The minimum Gasteiger partial charge on any atom is -0.472 e. The minimum atomic E-state index is -4.40. The Balaban J connectivity index is 0.000000676. The Morgan fingerprint density at radius 3 is 2.21 bits per heavy atom. The van der Waals surface area contributed by atoms with Crippen LogP contribution in [0.2, 0.25) is 0 Å². The van der Waals surface area contributed by atoms with Crippen LogP contribution in [-0.2, 0) is 4.79 Å². The third-order valence-electron chi connectivity index (χ3n) is 5.09. The minimum absolute atomic E-state index is 0.0136. The van der Waals surface area contributed by atoms with Crippen LogP contribution in [0.15, 0.2) is 88.8 Å². The summed E-state index contributed by atoms with van der Waals surface area (Å²) < 4.78 is 56.4. The smallest absolute Gasteiger partial charge is 0.416 e. The van der Waals surface area contributed by atoms with Gasteiger partial charge < -0.3 is 9.21 Å². The van der Waals surface area contributed by atoms with Crippen molar-refractivity contribution in [1.82, 2.24) is 0 Å². The number of alkyl halides is 3. The van der Waals surface area contributed by atoms with Gasteiger partial charge in [-0.2, -0.15) is 18.4 Å². The molecule has 0 spiro atoms. The monoisotopic (exact) mass is 543 g/mol. The Hall–Kier alpha value is -3.92. The molecule has 0 saturated carbocycles. The number of hydrogen-bond donors (Lipinski definition) is 0. The summed E-state index contributed by atoms with van der Waals surface area (Å²) in [5.74, 6) is -0.293. The number of aldehydes is 1. The van der Waals surface area contributed by atoms with Crippen LogP contribution in [0.25, 0.3) is 11.1 Å². The molecule has 0 radical (unpaired) electrons. The van der Waals surface area contributed by atoms with E-state index in [0.29, 0.717) is 16.7 Å². The summed E-state index contributed by atoms with van der Waals surface area (Å²) in [6.45, 7) is 14.0. The zero-order valence-corrected chi connectivity index (χ0v) is 23.5. The van der Waals surface area contributed by atoms with E-state index in [1.54, 1.807) is 25.1 Å². The highest BCUT2D eigenvalue weighted by Crippen LogP contribution is 2.33. The molecule has 2 aromatic rings. The largest absolute Gasteiger partial charge is 0.472 e. The molecule has 0 N–H and O–H groups in total. The van der Waals surface area contributed by atoms with Gasteiger partial charge in [0.25, 0.3) is 0 Å². The van der Waals surface area contributed by atoms with Gasteiger partial charge in [-0.1, -0.05) is 43.7 Å². The number of allylic oxidation sites excluding steroid dienone is 9. The summed E-state index contributed by atoms with van der Waals surface area (Å²) in [5.41, 5.74) is 3.89. The molecular formula is C32H37F4NO2. The fourth-order valence-corrected chi connectivity index (χ4v) is 3.30. The topological polar surface area (TPSA) is 54.0 Å². The van der Waals surface area contributed by atoms with Gasteiger partial charge >= 0.3 is 6.18 Å². The lowest BCUT2D eigenvalue weighted by Gasteiger charge is -2.12. The summed E-state index contributed by atoms with van der Waals surface area (Å²) in [6, 6.07) is 8.09. The highest BCUT2D eigenvalue weighted by atomic mass is 19.4. The van der Waals surface area contributed by atoms with Gasteiger partial charge in [0.1, 0.15) is 12.1 Å². The molecule has 3 nitrogen and oxygen atoms in total. The Kier molecular flexibility index (Phi) is 16.5. The first-order valence-corrected chi connectivity index (χ1v) is 12.4. The molecule has 39 heavy (non-hydrogen) atoms. The molecule has 0 aliphatic heterocycles. The predicted molar refractivity (Wildman–Crippen MR) is 151 cm³/mol. The van der Waals surface area contributed by atoms with Crippen LogP contribution in [0.3, 0.4) is 0 Å². The van der Waals surface area contributed by atoms with E-state index in [9.17, 15) is 17.6 Å². The first kappa shape index (κ1) is 35.1. The average molecular weight is 544 g/mol. The second-order valence-electron chi connectivity index (χ2n) is 8.63. The normalized spacial score (nSPS) is 11.8. The lowest BCUT2D eigenvalue weighted by Crippen LogP contribution is -2.12. The highest BCUT2D eigenvalue weighted by molar-refractivity contribution is 5.75. The van der Waals surface area contributed by atoms with Crippen LogP contribution in [0.1, 0.15) is 77.5 Å². The molecule has 0 atom stereocenters. The number of halogens is 4. The SMILES string of the molecule is C=C(C)/C(=C\C(=C/C)c1ccoc1)C(F)(F)F.CC=O.CCC/C(=C\CC=C(C)C)c1cc(F)ccc1C#N. The van der Waals surface area contributed by atoms with Crippen molar-refractivity contribution in [2.45, 2.75) is 67.0 Å². The van der Waals surface area contributed by atoms with Gasteiger partial charge in [0.05, 0.1) is 29.7 Å². The van der Waals surface area contributed by atoms with E-state index < -0.39 is 11.7 Å². The van der Waals surface area contributed by atoms with Crippen molar-refractivity contribution in [2.24, 2.45) is 0 Å². The van der Waals surface area contributed by atoms with Crippen LogP contribution >= 0.6 is 0 Å². The van der Waals surface area contributed by atoms with Crippen LogP contribution in [0.4, 0.5) is 17.6 Å². The molecule has 1 aromatic carbocycles. The molecule has 7 heteroatoms. The first-order chi connectivity index (χ1) is 18.4. The molecule has 0 amide bonds. The highest BCUT2D eigenvalue weighted by Gasteiger charge is 2.34. The molecule has 0 fully saturated rings. The zero-order valence-electron chi connectivity index (χ0n) is 23.5. The van der Waals surface area contributed by atoms with Crippen molar-refractivity contribution in [3.63, 3.8) is 0 Å². The van der Waals surface area contributed by atoms with E-state index >= 15 is 0 Å². The van der Waals surface area contributed by atoms with Crippen molar-refractivity contribution in [2.75, 3.05) is 0 Å². The van der Waals surface area contributed by atoms with Crippen LogP contribution in [-0.4, -0.2) is 12.5 Å². The van der Waals surface area contributed by atoms with Crippen molar-refractivity contribution in [3.8, 4) is 6.07 Å². The standard InChI is InChI=1S/C17H20FN.C13H13F3O.C2H4O/c1-4-6-14(8-5-7-13(2)3)17-11-16(18)10-9-15(17)12-19;1-4-10(11-5-6-17-8-11)7-12(9(2)3)13(14,15)16;1-2-3/h7-11H,4-6H2,1-3H3;4-8H,2H2,1,3H3;2H,1H3/b14-8+;10-4+,12-7+;. The molecule has 0 aliphatic rings. The second-order valence-corrected chi connectivity index (χ2v) is 8.63. The van der Waals surface area contributed by atoms with E-state index in [1.807, 2.05) is 0 Å². The number of carbonyl (C=O) groups excluding carboxylic acids is 1. The van der Waals surface area contributed by atoms with E-state index in [1.165, 1.54) is 44.1 Å². The number of hydrogen-bond acceptors (Lipinski definition) is 3. The molecule has 0 saturated heterocycles. The van der Waals surface area contributed by atoms with Gasteiger partial charge in [-0.05, 0) is 100 Å². The van der Waals surface area contributed by atoms with Gasteiger partial charge in [0, 0.05) is 5.56 Å². The lowest BCUT2D eigenvalue weighted by molar-refractivity contribution is -0.106. The molecule has 210 valence electrons. The molecule has 1 heterocycles. The zero-order chi connectivity index (χ0) is 30.0. The number of nitrogens with zero attached hydrogens (tertiary/aromatic N) is 1. The maximum absolute atomic E-state index is 13.4. The van der Waals surface area contributed by atoms with Crippen molar-refractivity contribution in [1.29, 1.82) is 5.26 Å². The van der Waals surface area contributed by atoms with E-state index in [2.05, 4.69) is 45.6 Å². The number of furan rings is 1. The maximum Gasteiger partial charge on any atom is 0.416 e. The second kappa shape index (κ2) is 18.4. The van der Waals surface area contributed by atoms with Crippen LogP contribution in [0.5, 0.6) is 0 Å².